The zero-order valence-electron chi connectivity index (χ0n) is 22.9. The summed E-state index contributed by atoms with van der Waals surface area (Å²) >= 11 is 0. The Labute approximate surface area is 259 Å². The maximum Gasteiger partial charge on any atom is 2.00 e. The van der Waals surface area contributed by atoms with Crippen molar-refractivity contribution < 1.29 is 21.1 Å². The summed E-state index contributed by atoms with van der Waals surface area (Å²) in [5.74, 6) is 0. The third-order valence-corrected chi connectivity index (χ3v) is 7.14. The second-order valence-corrected chi connectivity index (χ2v) is 10.1. The molecule has 7 heteroatoms. The first-order valence-corrected chi connectivity index (χ1v) is 13.1. The normalized spacial score (nSPS) is 10.9. The van der Waals surface area contributed by atoms with Gasteiger partial charge in [0.1, 0.15) is 0 Å². The number of para-hydroxylation sites is 3. The first kappa shape index (κ1) is 28.5. The molecule has 0 atom stereocenters. The number of hydrogen-bond acceptors (Lipinski definition) is 3. The van der Waals surface area contributed by atoms with E-state index in [9.17, 15) is 5.26 Å². The second kappa shape index (κ2) is 11.8. The van der Waals surface area contributed by atoms with Crippen LogP contribution < -0.4 is 0 Å². The SMILES string of the molecule is [C-]#[N+]c1ccccc1-c1cn(-c2[c-]cccc2)nc1C(C)(C)c1nn(-c2[c-]cccc2)cc1-c1ccccc1C#N.[Pt+2]. The molecule has 6 rings (SSSR count). The van der Waals surface area contributed by atoms with Crippen LogP contribution in [0.3, 0.4) is 0 Å². The van der Waals surface area contributed by atoms with Crippen molar-refractivity contribution in [2.24, 2.45) is 0 Å². The van der Waals surface area contributed by atoms with Crippen LogP contribution in [0.4, 0.5) is 5.69 Å². The summed E-state index contributed by atoms with van der Waals surface area (Å²) < 4.78 is 3.60. The monoisotopic (exact) mass is 723 g/mol. The summed E-state index contributed by atoms with van der Waals surface area (Å²) in [4.78, 5) is 3.80. The molecule has 0 aliphatic rings. The number of aromatic nitrogens is 4. The molecule has 0 aliphatic heterocycles. The molecule has 2 heterocycles. The molecule has 6 aromatic rings. The Kier molecular flexibility index (Phi) is 8.03. The van der Waals surface area contributed by atoms with Gasteiger partial charge in [0, 0.05) is 29.1 Å². The quantitative estimate of drug-likeness (QED) is 0.165. The van der Waals surface area contributed by atoms with E-state index in [2.05, 4.69) is 36.9 Å². The van der Waals surface area contributed by atoms with Gasteiger partial charge >= 0.3 is 21.1 Å². The zero-order valence-corrected chi connectivity index (χ0v) is 25.2. The van der Waals surface area contributed by atoms with E-state index in [1.807, 2.05) is 109 Å². The molecule has 0 fully saturated rings. The van der Waals surface area contributed by atoms with Crippen molar-refractivity contribution in [3.8, 4) is 39.7 Å². The summed E-state index contributed by atoms with van der Waals surface area (Å²) in [6.07, 6.45) is 3.91. The molecule has 0 amide bonds. The van der Waals surface area contributed by atoms with Crippen molar-refractivity contribution >= 4 is 5.69 Å². The molecule has 204 valence electrons. The van der Waals surface area contributed by atoms with E-state index >= 15 is 0 Å². The van der Waals surface area contributed by atoms with Gasteiger partial charge in [0.2, 0.25) is 0 Å². The Hall–Kier alpha value is -5.03. The molecule has 0 unspecified atom stereocenters. The molecular weight excluding hydrogens is 700 g/mol. The van der Waals surface area contributed by atoms with E-state index in [1.165, 1.54) is 0 Å². The molecule has 42 heavy (non-hydrogen) atoms. The molecule has 6 nitrogen and oxygen atoms in total. The first-order valence-electron chi connectivity index (χ1n) is 13.1. The van der Waals surface area contributed by atoms with E-state index < -0.39 is 5.41 Å². The van der Waals surface area contributed by atoms with Gasteiger partial charge in [-0.3, -0.25) is 9.36 Å². The minimum absolute atomic E-state index is 0. The van der Waals surface area contributed by atoms with Gasteiger partial charge in [-0.05, 0) is 36.9 Å². The van der Waals surface area contributed by atoms with Crippen LogP contribution in [0, 0.1) is 30.0 Å². The number of nitriles is 1. The summed E-state index contributed by atoms with van der Waals surface area (Å²) in [5, 5.41) is 20.2. The van der Waals surface area contributed by atoms with Crippen molar-refractivity contribution in [1.29, 1.82) is 5.26 Å². The standard InChI is InChI=1S/C35H24N6.Pt/c1-35(2,33-30(28-19-11-10-14-25(28)22-36)23-40(38-33)26-15-6-4-7-16-26)34-31(29-20-12-13-21-32(29)37-3)24-41(39-34)27-17-8-5-9-18-27;/h4-15,17,19-21,23-24H,1-2H3;/q-2;+2. The fourth-order valence-corrected chi connectivity index (χ4v) is 5.09. The van der Waals surface area contributed by atoms with Gasteiger partial charge in [0.15, 0.2) is 5.69 Å². The van der Waals surface area contributed by atoms with E-state index in [0.29, 0.717) is 11.3 Å². The van der Waals surface area contributed by atoms with E-state index in [-0.39, 0.29) is 21.1 Å². The number of rotatable bonds is 6. The Morgan fingerprint density at radius 2 is 1.21 bits per heavy atom. The van der Waals surface area contributed by atoms with Crippen molar-refractivity contribution in [1.82, 2.24) is 19.6 Å². The first-order chi connectivity index (χ1) is 20.0. The molecular formula is C35H24N6Pt. The molecule has 0 spiro atoms. The number of nitrogens with zero attached hydrogens (tertiary/aromatic N) is 6. The molecule has 0 N–H and O–H groups in total. The summed E-state index contributed by atoms with van der Waals surface area (Å²) in [6.45, 7) is 12.0. The summed E-state index contributed by atoms with van der Waals surface area (Å²) in [5.41, 5.74) is 6.68. The van der Waals surface area contributed by atoms with E-state index in [4.69, 9.17) is 16.8 Å². The molecule has 0 aliphatic carbocycles. The predicted octanol–water partition coefficient (Wildman–Crippen LogP) is 7.74. The molecule has 0 saturated heterocycles. The summed E-state index contributed by atoms with van der Waals surface area (Å²) in [6, 6.07) is 39.3. The average Bonchev–Trinajstić information content (AvgIpc) is 3.69. The minimum atomic E-state index is -0.748. The van der Waals surface area contributed by atoms with Crippen LogP contribution in [0.1, 0.15) is 30.8 Å². The Morgan fingerprint density at radius 1 is 0.714 bits per heavy atom. The number of benzene rings is 4. The van der Waals surface area contributed by atoms with Crippen molar-refractivity contribution in [3.63, 3.8) is 0 Å². The topological polar surface area (TPSA) is 63.8 Å². The molecule has 0 bridgehead atoms. The Morgan fingerprint density at radius 3 is 1.74 bits per heavy atom. The van der Waals surface area contributed by atoms with Gasteiger partial charge in [-0.2, -0.15) is 64.0 Å². The van der Waals surface area contributed by atoms with Crippen LogP contribution in [0.25, 0.3) is 38.5 Å². The van der Waals surface area contributed by atoms with Gasteiger partial charge < -0.3 is 0 Å². The third kappa shape index (κ3) is 5.10. The number of hydrogen-bond donors (Lipinski definition) is 0. The van der Waals surface area contributed by atoms with Crippen LogP contribution in [0.2, 0.25) is 0 Å². The third-order valence-electron chi connectivity index (χ3n) is 7.14. The fourth-order valence-electron chi connectivity index (χ4n) is 5.09. The average molecular weight is 724 g/mol. The Bertz CT molecular complexity index is 1800. The fraction of sp³-hybridized carbons (Fsp3) is 0.0857. The van der Waals surface area contributed by atoms with Crippen LogP contribution in [-0.2, 0) is 26.5 Å². The minimum Gasteiger partial charge on any atom is -0.265 e. The molecule has 0 radical (unpaired) electrons. The summed E-state index contributed by atoms with van der Waals surface area (Å²) in [7, 11) is 0. The van der Waals surface area contributed by atoms with Crippen LogP contribution in [0.5, 0.6) is 0 Å². The second-order valence-electron chi connectivity index (χ2n) is 10.1. The van der Waals surface area contributed by atoms with Crippen molar-refractivity contribution in [3.05, 3.63) is 150 Å². The van der Waals surface area contributed by atoms with Crippen LogP contribution >= 0.6 is 0 Å². The predicted molar refractivity (Wildman–Crippen MR) is 159 cm³/mol. The van der Waals surface area contributed by atoms with Crippen LogP contribution in [0.15, 0.2) is 109 Å². The molecule has 0 saturated carbocycles. The maximum absolute atomic E-state index is 9.96. The van der Waals surface area contributed by atoms with Gasteiger partial charge in [0.25, 0.3) is 0 Å². The molecule has 2 aromatic heterocycles. The Balaban J connectivity index is 0.00000353. The van der Waals surface area contributed by atoms with Crippen molar-refractivity contribution in [2.75, 3.05) is 0 Å². The zero-order chi connectivity index (χ0) is 28.4. The van der Waals surface area contributed by atoms with Gasteiger partial charge in [-0.1, -0.05) is 42.5 Å². The van der Waals surface area contributed by atoms with E-state index in [0.717, 1.165) is 45.0 Å². The van der Waals surface area contributed by atoms with Gasteiger partial charge in [0.05, 0.1) is 35.0 Å². The maximum atomic E-state index is 9.96. The van der Waals surface area contributed by atoms with Crippen LogP contribution in [-0.4, -0.2) is 19.6 Å². The smallest absolute Gasteiger partial charge is 0.265 e. The van der Waals surface area contributed by atoms with Crippen molar-refractivity contribution in [2.45, 2.75) is 19.3 Å². The van der Waals surface area contributed by atoms with E-state index in [1.54, 1.807) is 9.36 Å². The largest absolute Gasteiger partial charge is 2.00 e. The van der Waals surface area contributed by atoms with Gasteiger partial charge in [-0.15, -0.1) is 12.1 Å². The van der Waals surface area contributed by atoms with Gasteiger partial charge in [-0.25, -0.2) is 4.85 Å². The molecule has 4 aromatic carbocycles.